The third kappa shape index (κ3) is 3.52. The van der Waals surface area contributed by atoms with Crippen molar-refractivity contribution in [1.82, 2.24) is 14.5 Å². The number of nitrogens with two attached hydrogens (primary N) is 1. The van der Waals surface area contributed by atoms with Gasteiger partial charge in [0.15, 0.2) is 5.95 Å². The lowest BCUT2D eigenvalue weighted by Gasteiger charge is -2.20. The third-order valence-electron chi connectivity index (χ3n) is 3.16. The monoisotopic (exact) mass is 224 g/mol. The topological polar surface area (TPSA) is 47.1 Å². The minimum Gasteiger partial charge on any atom is -0.369 e. The van der Waals surface area contributed by atoms with Crippen molar-refractivity contribution in [3.8, 4) is 0 Å². The fraction of sp³-hybridized carbons (Fsp3) is 0.750. The number of hydrogen-bond donors (Lipinski definition) is 1. The summed E-state index contributed by atoms with van der Waals surface area (Å²) in [5.41, 5.74) is 5.77. The number of aromatic nitrogens is 2. The summed E-state index contributed by atoms with van der Waals surface area (Å²) in [4.78, 5) is 6.49. The van der Waals surface area contributed by atoms with Crippen LogP contribution in [0.1, 0.15) is 39.7 Å². The summed E-state index contributed by atoms with van der Waals surface area (Å²) in [7, 11) is 0. The van der Waals surface area contributed by atoms with E-state index in [-0.39, 0.29) is 0 Å². The molecule has 1 unspecified atom stereocenters. The van der Waals surface area contributed by atoms with Gasteiger partial charge in [-0.05, 0) is 39.4 Å². The molecule has 0 aliphatic rings. The van der Waals surface area contributed by atoms with Gasteiger partial charge in [-0.2, -0.15) is 0 Å². The highest BCUT2D eigenvalue weighted by atomic mass is 15.2. The van der Waals surface area contributed by atoms with Gasteiger partial charge >= 0.3 is 0 Å². The fourth-order valence-corrected chi connectivity index (χ4v) is 1.99. The van der Waals surface area contributed by atoms with E-state index in [4.69, 9.17) is 5.73 Å². The van der Waals surface area contributed by atoms with Crippen molar-refractivity contribution in [3.05, 3.63) is 12.4 Å². The maximum atomic E-state index is 5.77. The predicted molar refractivity (Wildman–Crippen MR) is 68.4 cm³/mol. The van der Waals surface area contributed by atoms with E-state index in [2.05, 4.69) is 30.7 Å². The van der Waals surface area contributed by atoms with Crippen LogP contribution in [0.2, 0.25) is 0 Å². The number of nitrogens with zero attached hydrogens (tertiary/aromatic N) is 3. The summed E-state index contributed by atoms with van der Waals surface area (Å²) >= 11 is 0. The standard InChI is InChI=1S/C12H24N4/c1-4-15(5-2)9-6-7-11(3)16-10-8-14-12(16)13/h8,10-11H,4-7,9H2,1-3H3,(H2,13,14). The number of rotatable bonds is 7. The Morgan fingerprint density at radius 3 is 2.62 bits per heavy atom. The van der Waals surface area contributed by atoms with Gasteiger partial charge in [0.1, 0.15) is 0 Å². The Hall–Kier alpha value is -1.03. The van der Waals surface area contributed by atoms with Gasteiger partial charge in [-0.15, -0.1) is 0 Å². The van der Waals surface area contributed by atoms with Crippen LogP contribution < -0.4 is 5.73 Å². The Balaban J connectivity index is 2.30. The van der Waals surface area contributed by atoms with Gasteiger partial charge < -0.3 is 15.2 Å². The molecule has 0 aliphatic heterocycles. The van der Waals surface area contributed by atoms with Gasteiger partial charge in [0.2, 0.25) is 0 Å². The lowest BCUT2D eigenvalue weighted by Crippen LogP contribution is -2.24. The van der Waals surface area contributed by atoms with E-state index in [9.17, 15) is 0 Å². The molecule has 1 aromatic rings. The molecule has 0 fully saturated rings. The highest BCUT2D eigenvalue weighted by Crippen LogP contribution is 2.16. The minimum absolute atomic E-state index is 0.443. The first-order chi connectivity index (χ1) is 7.69. The zero-order valence-corrected chi connectivity index (χ0v) is 10.7. The van der Waals surface area contributed by atoms with Gasteiger partial charge in [-0.3, -0.25) is 0 Å². The van der Waals surface area contributed by atoms with Crippen LogP contribution in [0.4, 0.5) is 5.95 Å². The molecule has 0 amide bonds. The van der Waals surface area contributed by atoms with E-state index in [0.717, 1.165) is 19.5 Å². The van der Waals surface area contributed by atoms with Crippen LogP contribution in [0, 0.1) is 0 Å². The number of hydrogen-bond acceptors (Lipinski definition) is 3. The van der Waals surface area contributed by atoms with E-state index in [1.165, 1.54) is 13.0 Å². The Bertz CT molecular complexity index is 291. The van der Waals surface area contributed by atoms with Gasteiger partial charge in [0.05, 0.1) is 0 Å². The molecule has 0 aromatic carbocycles. The molecule has 1 atom stereocenters. The SMILES string of the molecule is CCN(CC)CCCC(C)n1ccnc1N. The average molecular weight is 224 g/mol. The van der Waals surface area contributed by atoms with E-state index >= 15 is 0 Å². The molecule has 4 nitrogen and oxygen atoms in total. The summed E-state index contributed by atoms with van der Waals surface area (Å²) in [5, 5.41) is 0. The second-order valence-electron chi connectivity index (χ2n) is 4.21. The average Bonchev–Trinajstić information content (AvgIpc) is 2.70. The van der Waals surface area contributed by atoms with E-state index < -0.39 is 0 Å². The second kappa shape index (κ2) is 6.53. The highest BCUT2D eigenvalue weighted by Gasteiger charge is 2.08. The Morgan fingerprint density at radius 1 is 1.44 bits per heavy atom. The van der Waals surface area contributed by atoms with Crippen LogP contribution in [0.25, 0.3) is 0 Å². The molecular weight excluding hydrogens is 200 g/mol. The molecule has 0 spiro atoms. The zero-order valence-electron chi connectivity index (χ0n) is 10.7. The number of anilines is 1. The number of imidazole rings is 1. The Labute approximate surface area is 98.5 Å². The zero-order chi connectivity index (χ0) is 12.0. The molecule has 1 heterocycles. The molecule has 2 N–H and O–H groups in total. The van der Waals surface area contributed by atoms with Gasteiger partial charge in [-0.25, -0.2) is 4.98 Å². The van der Waals surface area contributed by atoms with Crippen molar-refractivity contribution < 1.29 is 0 Å². The van der Waals surface area contributed by atoms with E-state index in [1.54, 1.807) is 6.20 Å². The first-order valence-corrected chi connectivity index (χ1v) is 6.19. The molecule has 0 radical (unpaired) electrons. The second-order valence-corrected chi connectivity index (χ2v) is 4.21. The summed E-state index contributed by atoms with van der Waals surface area (Å²) in [6.45, 7) is 10.1. The molecule has 0 bridgehead atoms. The summed E-state index contributed by atoms with van der Waals surface area (Å²) in [6.07, 6.45) is 6.07. The van der Waals surface area contributed by atoms with Crippen molar-refractivity contribution >= 4 is 5.95 Å². The summed E-state index contributed by atoms with van der Waals surface area (Å²) in [5.74, 6) is 0.621. The van der Waals surface area contributed by atoms with Gasteiger partial charge in [-0.1, -0.05) is 13.8 Å². The molecule has 0 saturated carbocycles. The van der Waals surface area contributed by atoms with Crippen LogP contribution in [0.5, 0.6) is 0 Å². The van der Waals surface area contributed by atoms with E-state index in [0.29, 0.717) is 12.0 Å². The van der Waals surface area contributed by atoms with Crippen LogP contribution in [-0.2, 0) is 0 Å². The maximum Gasteiger partial charge on any atom is 0.200 e. The smallest absolute Gasteiger partial charge is 0.200 e. The van der Waals surface area contributed by atoms with Crippen molar-refractivity contribution in [2.24, 2.45) is 0 Å². The Kier molecular flexibility index (Phi) is 5.32. The van der Waals surface area contributed by atoms with Gasteiger partial charge in [0.25, 0.3) is 0 Å². The molecule has 16 heavy (non-hydrogen) atoms. The first kappa shape index (κ1) is 13.0. The predicted octanol–water partition coefficient (Wildman–Crippen LogP) is 2.15. The van der Waals surface area contributed by atoms with Crippen LogP contribution in [0.3, 0.4) is 0 Å². The van der Waals surface area contributed by atoms with Crippen molar-refractivity contribution in [2.45, 2.75) is 39.7 Å². The molecular formula is C12H24N4. The quantitative estimate of drug-likeness (QED) is 0.772. The number of nitrogen functional groups attached to an aromatic ring is 1. The molecule has 92 valence electrons. The van der Waals surface area contributed by atoms with Gasteiger partial charge in [0, 0.05) is 18.4 Å². The molecule has 1 aromatic heterocycles. The van der Waals surface area contributed by atoms with Crippen molar-refractivity contribution in [1.29, 1.82) is 0 Å². The summed E-state index contributed by atoms with van der Waals surface area (Å²) in [6, 6.07) is 0.443. The van der Waals surface area contributed by atoms with Crippen LogP contribution in [-0.4, -0.2) is 34.1 Å². The maximum absolute atomic E-state index is 5.77. The summed E-state index contributed by atoms with van der Waals surface area (Å²) < 4.78 is 2.04. The highest BCUT2D eigenvalue weighted by molar-refractivity contribution is 5.17. The van der Waals surface area contributed by atoms with Crippen LogP contribution >= 0.6 is 0 Å². The molecule has 1 rings (SSSR count). The largest absolute Gasteiger partial charge is 0.369 e. The third-order valence-corrected chi connectivity index (χ3v) is 3.16. The molecule has 0 aliphatic carbocycles. The lowest BCUT2D eigenvalue weighted by molar-refractivity contribution is 0.288. The van der Waals surface area contributed by atoms with E-state index in [1.807, 2.05) is 10.8 Å². The molecule has 4 heteroatoms. The van der Waals surface area contributed by atoms with Crippen molar-refractivity contribution in [3.63, 3.8) is 0 Å². The van der Waals surface area contributed by atoms with Crippen LogP contribution in [0.15, 0.2) is 12.4 Å². The fourth-order valence-electron chi connectivity index (χ4n) is 1.99. The normalized spacial score (nSPS) is 13.2. The molecule has 0 saturated heterocycles. The Morgan fingerprint density at radius 2 is 2.12 bits per heavy atom. The first-order valence-electron chi connectivity index (χ1n) is 6.19. The lowest BCUT2D eigenvalue weighted by atomic mass is 10.1. The minimum atomic E-state index is 0.443. The van der Waals surface area contributed by atoms with Crippen molar-refractivity contribution in [2.75, 3.05) is 25.4 Å².